The van der Waals surface area contributed by atoms with Gasteiger partial charge in [0.2, 0.25) is 0 Å². The van der Waals surface area contributed by atoms with Gasteiger partial charge in [-0.2, -0.15) is 0 Å². The molecule has 0 unspecified atom stereocenters. The number of hydrogen-bond acceptors (Lipinski definition) is 0. The Morgan fingerprint density at radius 3 is 1.49 bits per heavy atom. The molecule has 0 fully saturated rings. The summed E-state index contributed by atoms with van der Waals surface area (Å²) in [6, 6.07) is 76.9. The van der Waals surface area contributed by atoms with E-state index in [9.17, 15) is 0 Å². The molecule has 12 rings (SSSR count). The average Bonchev–Trinajstić information content (AvgIpc) is 3.54. The highest BCUT2D eigenvalue weighted by Gasteiger charge is 2.38. The van der Waals surface area contributed by atoms with Gasteiger partial charge in [-0.15, -0.1) is 0 Å². The van der Waals surface area contributed by atoms with Gasteiger partial charge in [-0.1, -0.05) is 208 Å². The smallest absolute Gasteiger partial charge is 0.0159 e. The van der Waals surface area contributed by atoms with Gasteiger partial charge in [-0.05, 0) is 133 Å². The largest absolute Gasteiger partial charge is 0.0616 e. The minimum Gasteiger partial charge on any atom is -0.0616 e. The van der Waals surface area contributed by atoms with E-state index in [4.69, 9.17) is 0 Å². The maximum absolute atomic E-state index is 2.44. The van der Waals surface area contributed by atoms with Crippen molar-refractivity contribution in [2.45, 2.75) is 19.3 Å². The highest BCUT2D eigenvalue weighted by molar-refractivity contribution is 6.24. The van der Waals surface area contributed by atoms with Crippen molar-refractivity contribution in [2.75, 3.05) is 0 Å². The first-order valence-corrected chi connectivity index (χ1v) is 20.8. The molecule has 0 N–H and O–H groups in total. The maximum Gasteiger partial charge on any atom is 0.0159 e. The standard InChI is InChI=1S/C59H40/c1-59(2)53-32-16-31-43(58(53)57-42-22-6-3-17-37(42)33-34-54(57)59)38-19-15-20-40(35-38)55-48-27-11-13-29-50(48)56(51-30-14-12-28-49(51)55)47-26-10-9-25-46(47)52-36-39-18-4-5-21-41(39)44-23-7-8-24-45(44)52/h3-36H,1-2H3. The van der Waals surface area contributed by atoms with Gasteiger partial charge in [-0.3, -0.25) is 0 Å². The summed E-state index contributed by atoms with van der Waals surface area (Å²) in [5.41, 5.74) is 15.5. The fourth-order valence-electron chi connectivity index (χ4n) is 10.6. The van der Waals surface area contributed by atoms with E-state index < -0.39 is 0 Å². The van der Waals surface area contributed by atoms with E-state index in [1.54, 1.807) is 0 Å². The first-order valence-electron chi connectivity index (χ1n) is 20.8. The van der Waals surface area contributed by atoms with Gasteiger partial charge in [0.1, 0.15) is 0 Å². The van der Waals surface area contributed by atoms with Crippen LogP contribution in [-0.4, -0.2) is 0 Å². The van der Waals surface area contributed by atoms with Gasteiger partial charge in [0, 0.05) is 5.41 Å². The van der Waals surface area contributed by atoms with Crippen LogP contribution in [0.5, 0.6) is 0 Å². The van der Waals surface area contributed by atoms with Crippen molar-refractivity contribution in [2.24, 2.45) is 0 Å². The van der Waals surface area contributed by atoms with E-state index >= 15 is 0 Å². The van der Waals surface area contributed by atoms with Gasteiger partial charge in [-0.25, -0.2) is 0 Å². The molecule has 276 valence electrons. The Kier molecular flexibility index (Phi) is 7.38. The molecule has 0 aromatic heterocycles. The molecule has 0 amide bonds. The molecule has 0 atom stereocenters. The first-order chi connectivity index (χ1) is 29.1. The lowest BCUT2D eigenvalue weighted by Crippen LogP contribution is -2.14. The zero-order chi connectivity index (χ0) is 39.2. The van der Waals surface area contributed by atoms with E-state index in [1.807, 2.05) is 0 Å². The Labute approximate surface area is 344 Å². The third-order valence-corrected chi connectivity index (χ3v) is 13.2. The second kappa shape index (κ2) is 12.9. The predicted molar refractivity (Wildman–Crippen MR) is 253 cm³/mol. The van der Waals surface area contributed by atoms with Crippen LogP contribution in [0.3, 0.4) is 0 Å². The van der Waals surface area contributed by atoms with Gasteiger partial charge >= 0.3 is 0 Å². The van der Waals surface area contributed by atoms with E-state index in [0.717, 1.165) is 0 Å². The second-order valence-corrected chi connectivity index (χ2v) is 16.7. The number of fused-ring (bicyclic) bond motifs is 10. The van der Waals surface area contributed by atoms with Gasteiger partial charge in [0.05, 0.1) is 0 Å². The Balaban J connectivity index is 1.10. The van der Waals surface area contributed by atoms with E-state index in [2.05, 4.69) is 220 Å². The molecule has 11 aromatic rings. The monoisotopic (exact) mass is 748 g/mol. The van der Waals surface area contributed by atoms with E-state index in [-0.39, 0.29) is 5.41 Å². The zero-order valence-electron chi connectivity index (χ0n) is 33.1. The molecular formula is C59H40. The van der Waals surface area contributed by atoms with Crippen LogP contribution in [0.25, 0.3) is 109 Å². The van der Waals surface area contributed by atoms with Crippen LogP contribution < -0.4 is 0 Å². The molecule has 0 aliphatic heterocycles. The van der Waals surface area contributed by atoms with Crippen LogP contribution in [0, 0.1) is 0 Å². The second-order valence-electron chi connectivity index (χ2n) is 16.7. The summed E-state index contributed by atoms with van der Waals surface area (Å²) in [7, 11) is 0. The normalized spacial score (nSPS) is 13.1. The Morgan fingerprint density at radius 2 is 0.763 bits per heavy atom. The first kappa shape index (κ1) is 33.8. The molecule has 0 heteroatoms. The van der Waals surface area contributed by atoms with Crippen molar-refractivity contribution in [1.82, 2.24) is 0 Å². The molecule has 0 heterocycles. The van der Waals surface area contributed by atoms with Crippen LogP contribution in [-0.2, 0) is 5.41 Å². The number of benzene rings is 11. The molecule has 0 bridgehead atoms. The lowest BCUT2D eigenvalue weighted by Gasteiger charge is -2.22. The zero-order valence-corrected chi connectivity index (χ0v) is 33.1. The molecule has 11 aromatic carbocycles. The fourth-order valence-corrected chi connectivity index (χ4v) is 10.6. The van der Waals surface area contributed by atoms with Gasteiger partial charge in [0.25, 0.3) is 0 Å². The van der Waals surface area contributed by atoms with Crippen molar-refractivity contribution in [3.63, 3.8) is 0 Å². The summed E-state index contributed by atoms with van der Waals surface area (Å²) in [5, 5.41) is 12.7. The van der Waals surface area contributed by atoms with Crippen LogP contribution in [0.4, 0.5) is 0 Å². The van der Waals surface area contributed by atoms with Crippen molar-refractivity contribution >= 4 is 53.9 Å². The van der Waals surface area contributed by atoms with E-state index in [0.29, 0.717) is 0 Å². The van der Waals surface area contributed by atoms with Crippen LogP contribution >= 0.6 is 0 Å². The molecule has 0 saturated heterocycles. The van der Waals surface area contributed by atoms with Crippen molar-refractivity contribution < 1.29 is 0 Å². The molecule has 0 radical (unpaired) electrons. The quantitative estimate of drug-likeness (QED) is 0.124. The summed E-state index contributed by atoms with van der Waals surface area (Å²) in [6.07, 6.45) is 0. The minimum atomic E-state index is -0.0972. The summed E-state index contributed by atoms with van der Waals surface area (Å²) in [6.45, 7) is 4.76. The predicted octanol–water partition coefficient (Wildman–Crippen LogP) is 16.4. The molecule has 0 spiro atoms. The molecule has 0 saturated carbocycles. The molecule has 59 heavy (non-hydrogen) atoms. The summed E-state index contributed by atoms with van der Waals surface area (Å²) in [5.74, 6) is 0. The van der Waals surface area contributed by atoms with Crippen LogP contribution in [0.15, 0.2) is 206 Å². The highest BCUT2D eigenvalue weighted by atomic mass is 14.4. The Morgan fingerprint density at radius 1 is 0.254 bits per heavy atom. The topological polar surface area (TPSA) is 0 Å². The summed E-state index contributed by atoms with van der Waals surface area (Å²) < 4.78 is 0. The maximum atomic E-state index is 2.44. The van der Waals surface area contributed by atoms with Crippen LogP contribution in [0.1, 0.15) is 25.0 Å². The van der Waals surface area contributed by atoms with Crippen molar-refractivity contribution in [3.8, 4) is 55.6 Å². The molecule has 0 nitrogen and oxygen atoms in total. The van der Waals surface area contributed by atoms with Gasteiger partial charge in [0.15, 0.2) is 0 Å². The highest BCUT2D eigenvalue weighted by Crippen LogP contribution is 2.55. The molecule has 1 aliphatic carbocycles. The average molecular weight is 749 g/mol. The lowest BCUT2D eigenvalue weighted by atomic mass is 9.81. The third-order valence-electron chi connectivity index (χ3n) is 13.2. The molecule has 1 aliphatic rings. The summed E-state index contributed by atoms with van der Waals surface area (Å²) >= 11 is 0. The minimum absolute atomic E-state index is 0.0972. The van der Waals surface area contributed by atoms with E-state index in [1.165, 1.54) is 121 Å². The van der Waals surface area contributed by atoms with Crippen molar-refractivity contribution in [3.05, 3.63) is 217 Å². The van der Waals surface area contributed by atoms with Gasteiger partial charge < -0.3 is 0 Å². The lowest BCUT2D eigenvalue weighted by molar-refractivity contribution is 0.661. The SMILES string of the molecule is CC1(C)c2cccc(-c3cccc(-c4c5ccccc5c(-c5ccccc5-c5cc6ccccc6c6ccccc56)c5ccccc45)c3)c2-c2c1ccc1ccccc21. The van der Waals surface area contributed by atoms with Crippen LogP contribution in [0.2, 0.25) is 0 Å². The third kappa shape index (κ3) is 4.96. The Hall–Kier alpha value is -7.28. The Bertz CT molecular complexity index is 3470. The van der Waals surface area contributed by atoms with Crippen molar-refractivity contribution in [1.29, 1.82) is 0 Å². The fraction of sp³-hybridized carbons (Fsp3) is 0.0508. The number of hydrogen-bond donors (Lipinski definition) is 0. The molecular weight excluding hydrogens is 709 g/mol. The number of rotatable bonds is 4. The summed E-state index contributed by atoms with van der Waals surface area (Å²) in [4.78, 5) is 0.